The van der Waals surface area contributed by atoms with E-state index in [0.717, 1.165) is 34.4 Å². The van der Waals surface area contributed by atoms with E-state index in [4.69, 9.17) is 28.2 Å². The van der Waals surface area contributed by atoms with Gasteiger partial charge in [0.25, 0.3) is 0 Å². The predicted octanol–water partition coefficient (Wildman–Crippen LogP) is 6.48. The van der Waals surface area contributed by atoms with Crippen molar-refractivity contribution in [3.63, 3.8) is 0 Å². The molecular weight excluding hydrogens is 467 g/mol. The second-order valence-corrected chi connectivity index (χ2v) is 9.90. The maximum absolute atomic E-state index is 11.8. The number of benzene rings is 2. The summed E-state index contributed by atoms with van der Waals surface area (Å²) < 4.78 is 0. The lowest BCUT2D eigenvalue weighted by molar-refractivity contribution is -0.141. The van der Waals surface area contributed by atoms with Crippen molar-refractivity contribution in [2.45, 2.75) is 26.7 Å². The van der Waals surface area contributed by atoms with E-state index in [9.17, 15) is 14.7 Å². The van der Waals surface area contributed by atoms with Crippen molar-refractivity contribution < 1.29 is 14.7 Å². The Morgan fingerprint density at radius 1 is 1.12 bits per heavy atom. The van der Waals surface area contributed by atoms with E-state index in [1.807, 2.05) is 6.07 Å². The Bertz CT molecular complexity index is 1100. The van der Waals surface area contributed by atoms with Crippen LogP contribution in [0, 0.1) is 11.8 Å². The zero-order valence-corrected chi connectivity index (χ0v) is 20.1. The van der Waals surface area contributed by atoms with Crippen molar-refractivity contribution in [1.29, 1.82) is 0 Å². The first-order valence-corrected chi connectivity index (χ1v) is 11.8. The van der Waals surface area contributed by atoms with Crippen LogP contribution in [0.2, 0.25) is 10.0 Å². The van der Waals surface area contributed by atoms with Crippen LogP contribution < -0.4 is 5.32 Å². The Balaban J connectivity index is 1.78. The van der Waals surface area contributed by atoms with Gasteiger partial charge in [0.2, 0.25) is 0 Å². The first kappa shape index (κ1) is 24.2. The van der Waals surface area contributed by atoms with Crippen molar-refractivity contribution in [3.05, 3.63) is 68.5 Å². The number of carbonyl (C=O) groups excluding carboxylic acids is 1. The van der Waals surface area contributed by atoms with E-state index >= 15 is 0 Å². The molecule has 1 aromatic heterocycles. The van der Waals surface area contributed by atoms with E-state index in [2.05, 4.69) is 19.2 Å². The maximum Gasteiger partial charge on any atom is 0.308 e. The number of carbonyl (C=O) groups is 2. The number of rotatable bonds is 10. The average molecular weight is 491 g/mol. The summed E-state index contributed by atoms with van der Waals surface area (Å²) in [6.45, 7) is 4.52. The van der Waals surface area contributed by atoms with Crippen LogP contribution in [0.15, 0.2) is 42.5 Å². The number of aliphatic carboxylic acids is 1. The van der Waals surface area contributed by atoms with Crippen LogP contribution in [0.3, 0.4) is 0 Å². The third-order valence-electron chi connectivity index (χ3n) is 4.93. The molecule has 1 unspecified atom stereocenters. The molecule has 168 valence electrons. The number of thiazole rings is 1. The first-order chi connectivity index (χ1) is 15.3. The Hall–Kier alpha value is -2.41. The number of carboxylic acids is 1. The molecule has 3 aromatic rings. The molecule has 2 aromatic carbocycles. The van der Waals surface area contributed by atoms with Gasteiger partial charge < -0.3 is 10.4 Å². The molecule has 1 heterocycles. The highest BCUT2D eigenvalue weighted by atomic mass is 35.5. The molecule has 1 atom stereocenters. The molecule has 0 aliphatic rings. The van der Waals surface area contributed by atoms with Gasteiger partial charge in [-0.3, -0.25) is 9.59 Å². The van der Waals surface area contributed by atoms with Crippen molar-refractivity contribution >= 4 is 51.9 Å². The number of halogens is 2. The number of aldehydes is 1. The zero-order valence-electron chi connectivity index (χ0n) is 17.8. The van der Waals surface area contributed by atoms with Gasteiger partial charge in [-0.1, -0.05) is 67.4 Å². The molecule has 0 aliphatic carbocycles. The van der Waals surface area contributed by atoms with Crippen LogP contribution in [0.1, 0.15) is 34.6 Å². The number of hydrogen-bond donors (Lipinski definition) is 2. The second kappa shape index (κ2) is 10.9. The van der Waals surface area contributed by atoms with E-state index in [0.29, 0.717) is 33.1 Å². The highest BCUT2D eigenvalue weighted by Gasteiger charge is 2.20. The Morgan fingerprint density at radius 2 is 1.84 bits per heavy atom. The third kappa shape index (κ3) is 6.31. The van der Waals surface area contributed by atoms with Crippen molar-refractivity contribution in [3.8, 4) is 11.3 Å². The van der Waals surface area contributed by atoms with E-state index in [1.165, 1.54) is 11.3 Å². The number of aromatic nitrogens is 1. The molecule has 2 N–H and O–H groups in total. The lowest BCUT2D eigenvalue weighted by Gasteiger charge is -2.13. The molecule has 0 amide bonds. The van der Waals surface area contributed by atoms with Crippen LogP contribution in [0.4, 0.5) is 5.13 Å². The summed E-state index contributed by atoms with van der Waals surface area (Å²) in [7, 11) is 0. The standard InChI is InChI=1S/C24H24Cl2N2O3S/c1-14(2)9-21-22(17-7-8-19(25)20(26)11-17)28-24(32-21)27-12-18(23(30)31)10-15-3-5-16(13-29)6-4-15/h3-8,11,13-14,18H,9-10,12H2,1-2H3,(H,27,28)(H,30,31). The minimum absolute atomic E-state index is 0.236. The third-order valence-corrected chi connectivity index (χ3v) is 6.71. The van der Waals surface area contributed by atoms with Crippen molar-refractivity contribution in [2.75, 3.05) is 11.9 Å². The Labute approximate surface area is 201 Å². The number of nitrogens with one attached hydrogen (secondary N) is 1. The summed E-state index contributed by atoms with van der Waals surface area (Å²) in [6.07, 6.45) is 1.97. The smallest absolute Gasteiger partial charge is 0.308 e. The molecule has 0 fully saturated rings. The van der Waals surface area contributed by atoms with Crippen LogP contribution >= 0.6 is 34.5 Å². The summed E-state index contributed by atoms with van der Waals surface area (Å²) in [5.74, 6) is -1.09. The summed E-state index contributed by atoms with van der Waals surface area (Å²) in [6, 6.07) is 12.4. The minimum Gasteiger partial charge on any atom is -0.481 e. The van der Waals surface area contributed by atoms with Crippen molar-refractivity contribution in [2.24, 2.45) is 11.8 Å². The van der Waals surface area contributed by atoms with Crippen LogP contribution in [-0.4, -0.2) is 28.9 Å². The van der Waals surface area contributed by atoms with E-state index in [1.54, 1.807) is 36.4 Å². The number of nitrogens with zero attached hydrogens (tertiary/aromatic N) is 1. The Morgan fingerprint density at radius 3 is 2.44 bits per heavy atom. The first-order valence-electron chi connectivity index (χ1n) is 10.2. The van der Waals surface area contributed by atoms with Gasteiger partial charge in [0.15, 0.2) is 5.13 Å². The molecule has 32 heavy (non-hydrogen) atoms. The lowest BCUT2D eigenvalue weighted by Crippen LogP contribution is -2.25. The van der Waals surface area contributed by atoms with E-state index in [-0.39, 0.29) is 6.54 Å². The highest BCUT2D eigenvalue weighted by molar-refractivity contribution is 7.16. The molecule has 3 rings (SSSR count). The fraction of sp³-hybridized carbons (Fsp3) is 0.292. The van der Waals surface area contributed by atoms with Gasteiger partial charge in [-0.2, -0.15) is 0 Å². The fourth-order valence-electron chi connectivity index (χ4n) is 3.28. The van der Waals surface area contributed by atoms with Gasteiger partial charge in [-0.05, 0) is 36.5 Å². The number of hydrogen-bond acceptors (Lipinski definition) is 5. The van der Waals surface area contributed by atoms with Crippen LogP contribution in [0.5, 0.6) is 0 Å². The average Bonchev–Trinajstić information content (AvgIpc) is 3.15. The van der Waals surface area contributed by atoms with E-state index < -0.39 is 11.9 Å². The number of anilines is 1. The molecular formula is C24H24Cl2N2O3S. The van der Waals surface area contributed by atoms with Gasteiger partial charge in [-0.15, -0.1) is 11.3 Å². The van der Waals surface area contributed by atoms with Gasteiger partial charge >= 0.3 is 5.97 Å². The molecule has 0 saturated heterocycles. The Kier molecular flexibility index (Phi) is 8.29. The van der Waals surface area contributed by atoms with Gasteiger partial charge in [0.05, 0.1) is 21.7 Å². The summed E-state index contributed by atoms with van der Waals surface area (Å²) in [5.41, 5.74) is 3.14. The highest BCUT2D eigenvalue weighted by Crippen LogP contribution is 2.35. The van der Waals surface area contributed by atoms with Gasteiger partial charge in [-0.25, -0.2) is 4.98 Å². The lowest BCUT2D eigenvalue weighted by atomic mass is 9.98. The van der Waals surface area contributed by atoms with Crippen LogP contribution in [-0.2, 0) is 17.6 Å². The van der Waals surface area contributed by atoms with Crippen molar-refractivity contribution in [1.82, 2.24) is 4.98 Å². The molecule has 0 radical (unpaired) electrons. The summed E-state index contributed by atoms with van der Waals surface area (Å²) in [5, 5.41) is 14.5. The van der Waals surface area contributed by atoms with Crippen LogP contribution in [0.25, 0.3) is 11.3 Å². The maximum atomic E-state index is 11.8. The normalized spacial score (nSPS) is 12.0. The quantitative estimate of drug-likeness (QED) is 0.317. The molecule has 8 heteroatoms. The van der Waals surface area contributed by atoms with Gasteiger partial charge in [0, 0.05) is 22.5 Å². The fourth-order valence-corrected chi connectivity index (χ4v) is 4.78. The molecule has 5 nitrogen and oxygen atoms in total. The monoisotopic (exact) mass is 490 g/mol. The molecule has 0 bridgehead atoms. The summed E-state index contributed by atoms with van der Waals surface area (Å²) in [4.78, 5) is 28.5. The summed E-state index contributed by atoms with van der Waals surface area (Å²) >= 11 is 13.8. The molecule has 0 saturated carbocycles. The predicted molar refractivity (Wildman–Crippen MR) is 131 cm³/mol. The zero-order chi connectivity index (χ0) is 23.3. The largest absolute Gasteiger partial charge is 0.481 e. The minimum atomic E-state index is -0.888. The number of carboxylic acid groups (broad SMARTS) is 1. The SMILES string of the molecule is CC(C)Cc1sc(NCC(Cc2ccc(C=O)cc2)C(=O)O)nc1-c1ccc(Cl)c(Cl)c1. The second-order valence-electron chi connectivity index (χ2n) is 8.00. The van der Waals surface area contributed by atoms with Gasteiger partial charge in [0.1, 0.15) is 6.29 Å². The topological polar surface area (TPSA) is 79.3 Å². The molecule has 0 aliphatic heterocycles. The molecule has 0 spiro atoms.